The van der Waals surface area contributed by atoms with Gasteiger partial charge in [0.25, 0.3) is 0 Å². The van der Waals surface area contributed by atoms with Crippen LogP contribution in [0.15, 0.2) is 47.5 Å². The molecule has 23 heavy (non-hydrogen) atoms. The van der Waals surface area contributed by atoms with Crippen LogP contribution >= 0.6 is 0 Å². The van der Waals surface area contributed by atoms with E-state index in [9.17, 15) is 8.42 Å². The van der Waals surface area contributed by atoms with Gasteiger partial charge in [-0.3, -0.25) is 0 Å². The van der Waals surface area contributed by atoms with E-state index in [0.29, 0.717) is 6.54 Å². The molecule has 0 spiro atoms. The molecule has 0 unspecified atom stereocenters. The number of pyridine rings is 1. The number of rotatable bonds is 6. The number of hydrogen-bond donors (Lipinski definition) is 1. The summed E-state index contributed by atoms with van der Waals surface area (Å²) in [5, 5.41) is 0. The molecule has 0 fully saturated rings. The lowest BCUT2D eigenvalue weighted by Gasteiger charge is -2.20. The van der Waals surface area contributed by atoms with E-state index in [2.05, 4.69) is 32.8 Å². The number of sulfonamides is 1. The monoisotopic (exact) mass is 334 g/mol. The molecular weight excluding hydrogens is 312 g/mol. The van der Waals surface area contributed by atoms with Gasteiger partial charge in [-0.15, -0.1) is 0 Å². The van der Waals surface area contributed by atoms with Gasteiger partial charge in [-0.1, -0.05) is 12.1 Å². The molecule has 7 heteroatoms. The van der Waals surface area contributed by atoms with Crippen molar-refractivity contribution in [3.05, 3.63) is 48.2 Å². The lowest BCUT2D eigenvalue weighted by Crippen LogP contribution is -2.20. The van der Waals surface area contributed by atoms with Gasteiger partial charge in [-0.2, -0.15) is 0 Å². The molecule has 0 radical (unpaired) electrons. The second kappa shape index (κ2) is 6.97. The van der Waals surface area contributed by atoms with E-state index >= 15 is 0 Å². The number of nitrogens with one attached hydrogen (secondary N) is 1. The highest BCUT2D eigenvalue weighted by molar-refractivity contribution is 7.89. The fourth-order valence-electron chi connectivity index (χ4n) is 2.16. The maximum Gasteiger partial charge on any atom is 0.241 e. The molecule has 0 bridgehead atoms. The van der Waals surface area contributed by atoms with E-state index in [-0.39, 0.29) is 4.90 Å². The molecule has 0 saturated carbocycles. The maximum absolute atomic E-state index is 11.7. The quantitative estimate of drug-likeness (QED) is 0.871. The third kappa shape index (κ3) is 4.20. The van der Waals surface area contributed by atoms with Crippen molar-refractivity contribution in [1.29, 1.82) is 0 Å². The zero-order valence-electron chi connectivity index (χ0n) is 13.8. The van der Waals surface area contributed by atoms with Gasteiger partial charge in [-0.05, 0) is 36.9 Å². The molecule has 0 aliphatic rings. The Balaban J connectivity index is 2.15. The normalized spacial score (nSPS) is 11.3. The summed E-state index contributed by atoms with van der Waals surface area (Å²) < 4.78 is 25.7. The molecule has 0 amide bonds. The summed E-state index contributed by atoms with van der Waals surface area (Å²) in [6.07, 6.45) is 1.37. The Labute approximate surface area is 137 Å². The Kier molecular flexibility index (Phi) is 5.23. The third-order valence-electron chi connectivity index (χ3n) is 3.54. The van der Waals surface area contributed by atoms with Crippen molar-refractivity contribution in [3.63, 3.8) is 0 Å². The van der Waals surface area contributed by atoms with Crippen LogP contribution in [0.25, 0.3) is 0 Å². The SMILES string of the molecule is CNS(=O)(=O)c1ccc(N(C)Cc2cccc(N(C)C)c2)nc1. The Hall–Kier alpha value is -2.12. The lowest BCUT2D eigenvalue weighted by molar-refractivity contribution is 0.588. The maximum atomic E-state index is 11.7. The summed E-state index contributed by atoms with van der Waals surface area (Å²) in [6.45, 7) is 0.687. The van der Waals surface area contributed by atoms with Gasteiger partial charge in [0.05, 0.1) is 0 Å². The van der Waals surface area contributed by atoms with Crippen LogP contribution in [-0.4, -0.2) is 41.6 Å². The van der Waals surface area contributed by atoms with Crippen molar-refractivity contribution >= 4 is 21.5 Å². The summed E-state index contributed by atoms with van der Waals surface area (Å²) in [5.41, 5.74) is 2.30. The van der Waals surface area contributed by atoms with Crippen LogP contribution in [0, 0.1) is 0 Å². The van der Waals surface area contributed by atoms with Gasteiger partial charge in [0, 0.05) is 39.6 Å². The van der Waals surface area contributed by atoms with Crippen LogP contribution in [0.5, 0.6) is 0 Å². The molecule has 2 rings (SSSR count). The van der Waals surface area contributed by atoms with Crippen LogP contribution in [0.3, 0.4) is 0 Å². The Morgan fingerprint density at radius 1 is 1.13 bits per heavy atom. The molecular formula is C16H22N4O2S. The standard InChI is InChI=1S/C16H22N4O2S/c1-17-23(21,22)15-8-9-16(18-11-15)20(4)12-13-6-5-7-14(10-13)19(2)3/h5-11,17H,12H2,1-4H3. The highest BCUT2D eigenvalue weighted by Crippen LogP contribution is 2.18. The zero-order valence-corrected chi connectivity index (χ0v) is 14.6. The van der Waals surface area contributed by atoms with E-state index in [1.165, 1.54) is 13.2 Å². The molecule has 1 aromatic carbocycles. The first-order valence-electron chi connectivity index (χ1n) is 7.20. The minimum atomic E-state index is -3.45. The fourth-order valence-corrected chi connectivity index (χ4v) is 2.84. The Morgan fingerprint density at radius 3 is 2.43 bits per heavy atom. The molecule has 0 saturated heterocycles. The fraction of sp³-hybridized carbons (Fsp3) is 0.312. The van der Waals surface area contributed by atoms with Crippen LogP contribution in [-0.2, 0) is 16.6 Å². The van der Waals surface area contributed by atoms with Gasteiger partial charge >= 0.3 is 0 Å². The van der Waals surface area contributed by atoms with Crippen LogP contribution in [0.2, 0.25) is 0 Å². The van der Waals surface area contributed by atoms with Crippen molar-refractivity contribution in [1.82, 2.24) is 9.71 Å². The summed E-state index contributed by atoms with van der Waals surface area (Å²) >= 11 is 0. The third-order valence-corrected chi connectivity index (χ3v) is 4.94. The topological polar surface area (TPSA) is 65.5 Å². The van der Waals surface area contributed by atoms with Gasteiger partial charge in [0.1, 0.15) is 10.7 Å². The highest BCUT2D eigenvalue weighted by atomic mass is 32.2. The largest absolute Gasteiger partial charge is 0.378 e. The minimum Gasteiger partial charge on any atom is -0.378 e. The number of anilines is 2. The second-order valence-electron chi connectivity index (χ2n) is 5.48. The van der Waals surface area contributed by atoms with E-state index in [0.717, 1.165) is 17.1 Å². The number of nitrogens with zero attached hydrogens (tertiary/aromatic N) is 3. The average molecular weight is 334 g/mol. The average Bonchev–Trinajstić information content (AvgIpc) is 2.55. The van der Waals surface area contributed by atoms with E-state index in [4.69, 9.17) is 0 Å². The Morgan fingerprint density at radius 2 is 1.87 bits per heavy atom. The number of aromatic nitrogens is 1. The van der Waals surface area contributed by atoms with Gasteiger partial charge in [0.15, 0.2) is 0 Å². The van der Waals surface area contributed by atoms with E-state index in [1.54, 1.807) is 12.1 Å². The van der Waals surface area contributed by atoms with Crippen molar-refractivity contribution < 1.29 is 8.42 Å². The van der Waals surface area contributed by atoms with Crippen molar-refractivity contribution in [3.8, 4) is 0 Å². The molecule has 2 aromatic rings. The number of hydrogen-bond acceptors (Lipinski definition) is 5. The molecule has 1 aromatic heterocycles. The molecule has 124 valence electrons. The van der Waals surface area contributed by atoms with Gasteiger partial charge in [-0.25, -0.2) is 18.1 Å². The van der Waals surface area contributed by atoms with Crippen LogP contribution in [0.1, 0.15) is 5.56 Å². The minimum absolute atomic E-state index is 0.159. The molecule has 0 aliphatic heterocycles. The molecule has 6 nitrogen and oxygen atoms in total. The van der Waals surface area contributed by atoms with Gasteiger partial charge in [0.2, 0.25) is 10.0 Å². The predicted octanol–water partition coefficient (Wildman–Crippen LogP) is 1.69. The second-order valence-corrected chi connectivity index (χ2v) is 7.37. The smallest absolute Gasteiger partial charge is 0.241 e. The summed E-state index contributed by atoms with van der Waals surface area (Å²) in [5.74, 6) is 0.718. The van der Waals surface area contributed by atoms with Crippen molar-refractivity contribution in [2.45, 2.75) is 11.4 Å². The summed E-state index contributed by atoms with van der Waals surface area (Å²) in [6, 6.07) is 11.5. The first-order valence-corrected chi connectivity index (χ1v) is 8.69. The highest BCUT2D eigenvalue weighted by Gasteiger charge is 2.12. The van der Waals surface area contributed by atoms with Gasteiger partial charge < -0.3 is 9.80 Å². The van der Waals surface area contributed by atoms with Crippen molar-refractivity contribution in [2.75, 3.05) is 38.0 Å². The Bertz CT molecular complexity index is 758. The summed E-state index contributed by atoms with van der Waals surface area (Å²) in [4.78, 5) is 8.43. The van der Waals surface area contributed by atoms with E-state index < -0.39 is 10.0 Å². The van der Waals surface area contributed by atoms with Crippen molar-refractivity contribution in [2.24, 2.45) is 0 Å². The first kappa shape index (κ1) is 17.2. The van der Waals surface area contributed by atoms with E-state index in [1.807, 2.05) is 32.1 Å². The molecule has 0 aliphatic carbocycles. The zero-order chi connectivity index (χ0) is 17.0. The lowest BCUT2D eigenvalue weighted by atomic mass is 10.2. The van der Waals surface area contributed by atoms with Crippen LogP contribution < -0.4 is 14.5 Å². The molecule has 0 atom stereocenters. The predicted molar refractivity (Wildman–Crippen MR) is 93.4 cm³/mol. The first-order chi connectivity index (χ1) is 10.8. The molecule has 1 N–H and O–H groups in total. The summed E-state index contributed by atoms with van der Waals surface area (Å²) in [7, 11) is 3.87. The molecule has 1 heterocycles. The number of benzene rings is 1. The van der Waals surface area contributed by atoms with Crippen LogP contribution in [0.4, 0.5) is 11.5 Å².